The first-order chi connectivity index (χ1) is 7.80. The maximum absolute atomic E-state index is 10.6. The van der Waals surface area contributed by atoms with Gasteiger partial charge in [-0.1, -0.05) is 0 Å². The second kappa shape index (κ2) is 4.63. The zero-order valence-electron chi connectivity index (χ0n) is 8.72. The van der Waals surface area contributed by atoms with E-state index in [4.69, 9.17) is 9.47 Å². The van der Waals surface area contributed by atoms with Crippen LogP contribution in [0.15, 0.2) is 12.1 Å². The molecule has 0 N–H and O–H groups in total. The molecule has 0 fully saturated rings. The summed E-state index contributed by atoms with van der Waals surface area (Å²) >= 11 is 2.62. The molecule has 0 amide bonds. The lowest BCUT2D eigenvalue weighted by Gasteiger charge is -2.00. The molecule has 6 heteroatoms. The number of aromatic nitrogens is 1. The highest BCUT2D eigenvalue weighted by Crippen LogP contribution is 2.43. The number of methoxy groups -OCH3 is 2. The lowest BCUT2D eigenvalue weighted by Crippen LogP contribution is -1.86. The number of rotatable bonds is 4. The van der Waals surface area contributed by atoms with Crippen LogP contribution in [0.2, 0.25) is 0 Å². The van der Waals surface area contributed by atoms with Crippen molar-refractivity contribution in [1.82, 2.24) is 4.37 Å². The van der Waals surface area contributed by atoms with Gasteiger partial charge in [0.15, 0.2) is 6.29 Å². The maximum Gasteiger partial charge on any atom is 0.237 e. The summed E-state index contributed by atoms with van der Waals surface area (Å²) in [6.07, 6.45) is 0.826. The van der Waals surface area contributed by atoms with Crippen LogP contribution in [0.25, 0.3) is 10.4 Å². The van der Waals surface area contributed by atoms with Gasteiger partial charge in [-0.2, -0.15) is 4.37 Å². The second-order valence-electron chi connectivity index (χ2n) is 2.88. The molecule has 0 saturated heterocycles. The minimum atomic E-state index is 0.529. The molecule has 16 heavy (non-hydrogen) atoms. The molecule has 2 aromatic rings. The molecule has 2 aromatic heterocycles. The SMILES string of the molecule is COc1nsc(OC)c1-c1ccc(C=O)s1. The van der Waals surface area contributed by atoms with Crippen LogP contribution in [-0.2, 0) is 0 Å². The van der Waals surface area contributed by atoms with Gasteiger partial charge in [-0.25, -0.2) is 0 Å². The zero-order chi connectivity index (χ0) is 11.5. The Morgan fingerprint density at radius 1 is 1.31 bits per heavy atom. The number of carbonyl (C=O) groups is 1. The Kier molecular flexibility index (Phi) is 3.21. The maximum atomic E-state index is 10.6. The van der Waals surface area contributed by atoms with E-state index in [9.17, 15) is 4.79 Å². The molecule has 0 aliphatic carbocycles. The number of aldehydes is 1. The van der Waals surface area contributed by atoms with Crippen LogP contribution in [0.4, 0.5) is 0 Å². The molecule has 0 saturated carbocycles. The van der Waals surface area contributed by atoms with Crippen molar-refractivity contribution in [2.24, 2.45) is 0 Å². The van der Waals surface area contributed by atoms with Crippen LogP contribution in [0, 0.1) is 0 Å². The van der Waals surface area contributed by atoms with E-state index in [1.54, 1.807) is 20.3 Å². The minimum Gasteiger partial charge on any atom is -0.486 e. The van der Waals surface area contributed by atoms with E-state index in [1.807, 2.05) is 6.07 Å². The van der Waals surface area contributed by atoms with Gasteiger partial charge in [-0.3, -0.25) is 4.79 Å². The molecule has 0 atom stereocenters. The number of thiophene rings is 1. The summed E-state index contributed by atoms with van der Waals surface area (Å²) in [7, 11) is 3.15. The van der Waals surface area contributed by atoms with Crippen molar-refractivity contribution in [1.29, 1.82) is 0 Å². The summed E-state index contributed by atoms with van der Waals surface area (Å²) in [6, 6.07) is 3.63. The lowest BCUT2D eigenvalue weighted by atomic mass is 10.3. The number of hydrogen-bond acceptors (Lipinski definition) is 6. The molecule has 2 heterocycles. The normalized spacial score (nSPS) is 10.1. The van der Waals surface area contributed by atoms with E-state index in [2.05, 4.69) is 4.37 Å². The van der Waals surface area contributed by atoms with Crippen molar-refractivity contribution in [2.75, 3.05) is 14.2 Å². The first kappa shape index (κ1) is 11.1. The van der Waals surface area contributed by atoms with Crippen LogP contribution < -0.4 is 9.47 Å². The molecule has 0 spiro atoms. The zero-order valence-corrected chi connectivity index (χ0v) is 10.4. The quantitative estimate of drug-likeness (QED) is 0.788. The Labute approximate surface area is 101 Å². The van der Waals surface area contributed by atoms with Gasteiger partial charge in [0.05, 0.1) is 19.1 Å². The van der Waals surface area contributed by atoms with E-state index >= 15 is 0 Å². The van der Waals surface area contributed by atoms with Crippen molar-refractivity contribution < 1.29 is 14.3 Å². The van der Waals surface area contributed by atoms with Crippen molar-refractivity contribution in [3.8, 4) is 21.4 Å². The highest BCUT2D eigenvalue weighted by atomic mass is 32.1. The van der Waals surface area contributed by atoms with E-state index in [0.717, 1.165) is 16.7 Å². The van der Waals surface area contributed by atoms with Crippen LogP contribution >= 0.6 is 22.9 Å². The van der Waals surface area contributed by atoms with Crippen LogP contribution in [0.3, 0.4) is 0 Å². The van der Waals surface area contributed by atoms with E-state index < -0.39 is 0 Å². The van der Waals surface area contributed by atoms with Gasteiger partial charge < -0.3 is 9.47 Å². The lowest BCUT2D eigenvalue weighted by molar-refractivity contribution is 0.112. The second-order valence-corrected chi connectivity index (χ2v) is 4.73. The van der Waals surface area contributed by atoms with Gasteiger partial charge in [0.1, 0.15) is 5.56 Å². The first-order valence-electron chi connectivity index (χ1n) is 4.43. The summed E-state index contributed by atoms with van der Waals surface area (Å²) in [5.74, 6) is 0.529. The van der Waals surface area contributed by atoms with Crippen molar-refractivity contribution >= 4 is 29.2 Å². The Morgan fingerprint density at radius 3 is 2.69 bits per heavy atom. The third-order valence-electron chi connectivity index (χ3n) is 2.00. The van der Waals surface area contributed by atoms with Crippen LogP contribution in [0.5, 0.6) is 10.9 Å². The van der Waals surface area contributed by atoms with Crippen molar-refractivity contribution in [2.45, 2.75) is 0 Å². The molecule has 0 aliphatic rings. The van der Waals surface area contributed by atoms with Crippen LogP contribution in [0.1, 0.15) is 9.67 Å². The highest BCUT2D eigenvalue weighted by molar-refractivity contribution is 7.17. The smallest absolute Gasteiger partial charge is 0.237 e. The molecule has 0 radical (unpaired) electrons. The Balaban J connectivity index is 2.52. The summed E-state index contributed by atoms with van der Waals surface area (Å²) in [5, 5.41) is 0.691. The molecule has 2 rings (SSSR count). The largest absolute Gasteiger partial charge is 0.486 e. The third-order valence-corrected chi connectivity index (χ3v) is 3.82. The average Bonchev–Trinajstić information content (AvgIpc) is 2.94. The van der Waals surface area contributed by atoms with E-state index in [-0.39, 0.29) is 0 Å². The predicted octanol–water partition coefficient (Wildman–Crippen LogP) is 2.70. The van der Waals surface area contributed by atoms with E-state index in [0.29, 0.717) is 15.8 Å². The predicted molar refractivity (Wildman–Crippen MR) is 63.9 cm³/mol. The Bertz CT molecular complexity index is 482. The fourth-order valence-electron chi connectivity index (χ4n) is 1.30. The van der Waals surface area contributed by atoms with Gasteiger partial charge >= 0.3 is 0 Å². The first-order valence-corrected chi connectivity index (χ1v) is 6.02. The fraction of sp³-hybridized carbons (Fsp3) is 0.200. The molecule has 0 aromatic carbocycles. The van der Waals surface area contributed by atoms with Crippen molar-refractivity contribution in [3.05, 3.63) is 17.0 Å². The number of nitrogens with zero attached hydrogens (tertiary/aromatic N) is 1. The highest BCUT2D eigenvalue weighted by Gasteiger charge is 2.18. The number of ether oxygens (including phenoxy) is 2. The van der Waals surface area contributed by atoms with Gasteiger partial charge in [0.2, 0.25) is 10.9 Å². The Morgan fingerprint density at radius 2 is 2.12 bits per heavy atom. The van der Waals surface area contributed by atoms with Gasteiger partial charge in [0.25, 0.3) is 0 Å². The molecular formula is C10H9NO3S2. The molecule has 0 bridgehead atoms. The third kappa shape index (κ3) is 1.81. The number of hydrogen-bond donors (Lipinski definition) is 0. The molecule has 0 unspecified atom stereocenters. The standard InChI is InChI=1S/C10H9NO3S2/c1-13-9-8(10(14-2)16-11-9)7-4-3-6(5-12)15-7/h3-5H,1-2H3. The van der Waals surface area contributed by atoms with Gasteiger partial charge in [-0.15, -0.1) is 11.3 Å². The monoisotopic (exact) mass is 255 g/mol. The number of carbonyl (C=O) groups excluding carboxylic acids is 1. The van der Waals surface area contributed by atoms with Crippen molar-refractivity contribution in [3.63, 3.8) is 0 Å². The van der Waals surface area contributed by atoms with Gasteiger partial charge in [0, 0.05) is 16.4 Å². The average molecular weight is 255 g/mol. The molecular weight excluding hydrogens is 246 g/mol. The molecule has 0 aliphatic heterocycles. The van der Waals surface area contributed by atoms with E-state index in [1.165, 1.54) is 22.9 Å². The summed E-state index contributed by atoms with van der Waals surface area (Å²) in [6.45, 7) is 0. The summed E-state index contributed by atoms with van der Waals surface area (Å²) in [4.78, 5) is 12.2. The van der Waals surface area contributed by atoms with Gasteiger partial charge in [-0.05, 0) is 12.1 Å². The topological polar surface area (TPSA) is 48.4 Å². The minimum absolute atomic E-state index is 0.529. The fourth-order valence-corrected chi connectivity index (χ4v) is 2.91. The summed E-state index contributed by atoms with van der Waals surface area (Å²) < 4.78 is 14.5. The van der Waals surface area contributed by atoms with Crippen LogP contribution in [-0.4, -0.2) is 24.9 Å². The Hall–Kier alpha value is -1.40. The molecule has 84 valence electrons. The molecule has 4 nitrogen and oxygen atoms in total. The summed E-state index contributed by atoms with van der Waals surface area (Å²) in [5.41, 5.74) is 0.813.